The number of non-ortho nitro benzene ring substituents is 1. The molecule has 156 valence electrons. The Kier molecular flexibility index (Phi) is 5.35. The molecule has 4 rings (SSSR count). The number of fused-ring (bicyclic) bond motifs is 1. The van der Waals surface area contributed by atoms with Crippen molar-refractivity contribution in [2.24, 2.45) is 0 Å². The molecule has 0 aliphatic carbocycles. The van der Waals surface area contributed by atoms with Gasteiger partial charge in [-0.1, -0.05) is 16.8 Å². The second kappa shape index (κ2) is 8.11. The first kappa shape index (κ1) is 20.4. The molecule has 0 aliphatic heterocycles. The molecule has 2 heterocycles. The number of esters is 1. The fourth-order valence-corrected chi connectivity index (χ4v) is 3.44. The summed E-state index contributed by atoms with van der Waals surface area (Å²) in [6, 6.07) is 12.9. The molecule has 10 heteroatoms. The van der Waals surface area contributed by atoms with Crippen LogP contribution in [0, 0.1) is 17.0 Å². The zero-order valence-electron chi connectivity index (χ0n) is 16.6. The van der Waals surface area contributed by atoms with Crippen LogP contribution in [0.25, 0.3) is 27.8 Å². The summed E-state index contributed by atoms with van der Waals surface area (Å²) in [5.74, 6) is -0.639. The minimum absolute atomic E-state index is 0.00674. The van der Waals surface area contributed by atoms with E-state index in [1.165, 1.54) is 16.8 Å². The molecule has 31 heavy (non-hydrogen) atoms. The number of pyridine rings is 1. The van der Waals surface area contributed by atoms with Crippen molar-refractivity contribution in [3.63, 3.8) is 0 Å². The molecule has 0 bridgehead atoms. The molecule has 0 unspecified atom stereocenters. The number of aromatic nitrogens is 4. The van der Waals surface area contributed by atoms with Gasteiger partial charge in [-0.25, -0.2) is 9.48 Å². The van der Waals surface area contributed by atoms with Gasteiger partial charge in [0.25, 0.3) is 5.69 Å². The molecule has 0 N–H and O–H groups in total. The van der Waals surface area contributed by atoms with Crippen LogP contribution in [0.4, 0.5) is 5.69 Å². The van der Waals surface area contributed by atoms with Crippen LogP contribution >= 0.6 is 11.6 Å². The number of nitrogens with zero attached hydrogens (tertiary/aromatic N) is 5. The normalized spacial score (nSPS) is 10.9. The summed E-state index contributed by atoms with van der Waals surface area (Å²) < 4.78 is 6.65. The third-order valence-electron chi connectivity index (χ3n) is 4.60. The van der Waals surface area contributed by atoms with Crippen molar-refractivity contribution >= 4 is 34.2 Å². The van der Waals surface area contributed by atoms with Crippen molar-refractivity contribution in [2.45, 2.75) is 13.8 Å². The van der Waals surface area contributed by atoms with E-state index in [0.717, 1.165) is 5.39 Å². The Morgan fingerprint density at radius 3 is 2.61 bits per heavy atom. The first-order valence-corrected chi connectivity index (χ1v) is 9.71. The number of hydrogen-bond donors (Lipinski definition) is 0. The van der Waals surface area contributed by atoms with Gasteiger partial charge in [0.2, 0.25) is 0 Å². The molecule has 2 aromatic carbocycles. The van der Waals surface area contributed by atoms with Crippen LogP contribution in [0.1, 0.15) is 23.1 Å². The summed E-state index contributed by atoms with van der Waals surface area (Å²) >= 11 is 6.13. The maximum atomic E-state index is 12.6. The monoisotopic (exact) mass is 437 g/mol. The van der Waals surface area contributed by atoms with Crippen molar-refractivity contribution in [1.82, 2.24) is 20.0 Å². The minimum Gasteiger partial charge on any atom is -0.461 e. The Bertz CT molecular complexity index is 1310. The van der Waals surface area contributed by atoms with Gasteiger partial charge >= 0.3 is 5.97 Å². The molecule has 0 fully saturated rings. The lowest BCUT2D eigenvalue weighted by Gasteiger charge is -2.12. The zero-order valence-corrected chi connectivity index (χ0v) is 17.3. The third-order valence-corrected chi connectivity index (χ3v) is 4.83. The SMILES string of the molecule is CCOC(=O)c1nnn(-c2cc(C)nc3cc(Cl)ccc23)c1-c1ccc([N+](=O)[O-])cc1. The van der Waals surface area contributed by atoms with Crippen LogP contribution in [-0.4, -0.2) is 37.5 Å². The first-order chi connectivity index (χ1) is 14.9. The predicted octanol–water partition coefficient (Wildman–Crippen LogP) is 4.53. The quantitative estimate of drug-likeness (QED) is 0.256. The van der Waals surface area contributed by atoms with E-state index < -0.39 is 10.9 Å². The highest BCUT2D eigenvalue weighted by Crippen LogP contribution is 2.31. The van der Waals surface area contributed by atoms with Gasteiger partial charge < -0.3 is 4.74 Å². The highest BCUT2D eigenvalue weighted by molar-refractivity contribution is 6.31. The maximum absolute atomic E-state index is 12.6. The number of carbonyl (C=O) groups excluding carboxylic acids is 1. The van der Waals surface area contributed by atoms with Crippen LogP contribution in [0.5, 0.6) is 0 Å². The zero-order chi connectivity index (χ0) is 22.1. The van der Waals surface area contributed by atoms with Gasteiger partial charge in [0.1, 0.15) is 5.69 Å². The largest absolute Gasteiger partial charge is 0.461 e. The van der Waals surface area contributed by atoms with Crippen LogP contribution in [0.15, 0.2) is 48.5 Å². The number of carbonyl (C=O) groups is 1. The van der Waals surface area contributed by atoms with Gasteiger partial charge in [0.15, 0.2) is 5.69 Å². The standard InChI is InChI=1S/C21H16ClN5O4/c1-3-31-21(28)19-20(13-4-7-15(8-5-13)27(29)30)26(25-24-19)18-10-12(2)23-17-11-14(22)6-9-16(17)18/h4-11H,3H2,1-2H3. The predicted molar refractivity (Wildman–Crippen MR) is 114 cm³/mol. The van der Waals surface area contributed by atoms with Crippen molar-refractivity contribution in [3.8, 4) is 16.9 Å². The molecule has 0 atom stereocenters. The van der Waals surface area contributed by atoms with Crippen LogP contribution in [0.3, 0.4) is 0 Å². The van der Waals surface area contributed by atoms with Gasteiger partial charge in [-0.05, 0) is 50.2 Å². The highest BCUT2D eigenvalue weighted by Gasteiger charge is 2.25. The molecular weight excluding hydrogens is 422 g/mol. The second-order valence-corrected chi connectivity index (χ2v) is 7.10. The third kappa shape index (κ3) is 3.82. The number of ether oxygens (including phenoxy) is 1. The summed E-state index contributed by atoms with van der Waals surface area (Å²) in [7, 11) is 0. The lowest BCUT2D eigenvalue weighted by molar-refractivity contribution is -0.384. The highest BCUT2D eigenvalue weighted by atomic mass is 35.5. The van der Waals surface area contributed by atoms with E-state index in [4.69, 9.17) is 16.3 Å². The molecule has 0 spiro atoms. The molecule has 0 saturated heterocycles. The van der Waals surface area contributed by atoms with Gasteiger partial charge in [-0.2, -0.15) is 0 Å². The van der Waals surface area contributed by atoms with Crippen LogP contribution in [-0.2, 0) is 4.74 Å². The number of benzene rings is 2. The topological polar surface area (TPSA) is 113 Å². The lowest BCUT2D eigenvalue weighted by Crippen LogP contribution is -2.08. The number of nitro benzene ring substituents is 1. The van der Waals surface area contributed by atoms with Crippen molar-refractivity contribution in [3.05, 3.63) is 75.1 Å². The molecule has 9 nitrogen and oxygen atoms in total. The van der Waals surface area contributed by atoms with Crippen molar-refractivity contribution < 1.29 is 14.5 Å². The fraction of sp³-hybridized carbons (Fsp3) is 0.143. The van der Waals surface area contributed by atoms with E-state index in [1.807, 2.05) is 19.1 Å². The fourth-order valence-electron chi connectivity index (χ4n) is 3.27. The van der Waals surface area contributed by atoms with Crippen molar-refractivity contribution in [1.29, 1.82) is 0 Å². The Balaban J connectivity index is 1.99. The Morgan fingerprint density at radius 2 is 1.94 bits per heavy atom. The van der Waals surface area contributed by atoms with Crippen LogP contribution in [0.2, 0.25) is 5.02 Å². The first-order valence-electron chi connectivity index (χ1n) is 9.34. The summed E-state index contributed by atoms with van der Waals surface area (Å²) in [6.07, 6.45) is 0. The lowest BCUT2D eigenvalue weighted by atomic mass is 10.1. The average molecular weight is 438 g/mol. The van der Waals surface area contributed by atoms with Crippen LogP contribution < -0.4 is 0 Å². The average Bonchev–Trinajstić information content (AvgIpc) is 3.18. The summed E-state index contributed by atoms with van der Waals surface area (Å²) in [5.41, 5.74) is 2.83. The molecule has 0 saturated carbocycles. The van der Waals surface area contributed by atoms with Gasteiger partial charge in [-0.15, -0.1) is 5.10 Å². The Labute approximate surface area is 181 Å². The number of aryl methyl sites for hydroxylation is 1. The Morgan fingerprint density at radius 1 is 1.19 bits per heavy atom. The number of halogens is 1. The van der Waals surface area contributed by atoms with Crippen molar-refractivity contribution in [2.75, 3.05) is 6.61 Å². The Hall–Kier alpha value is -3.85. The maximum Gasteiger partial charge on any atom is 0.361 e. The van der Waals surface area contributed by atoms with Gasteiger partial charge in [0.05, 0.1) is 22.7 Å². The summed E-state index contributed by atoms with van der Waals surface area (Å²) in [5, 5.41) is 20.6. The van der Waals surface area contributed by atoms with E-state index >= 15 is 0 Å². The van der Waals surface area contributed by atoms with Gasteiger partial charge in [-0.3, -0.25) is 15.1 Å². The smallest absolute Gasteiger partial charge is 0.361 e. The summed E-state index contributed by atoms with van der Waals surface area (Å²) in [4.78, 5) is 27.6. The van der Waals surface area contributed by atoms with E-state index in [-0.39, 0.29) is 18.0 Å². The van der Waals surface area contributed by atoms with E-state index in [1.54, 1.807) is 31.2 Å². The molecule has 4 aromatic rings. The van der Waals surface area contributed by atoms with E-state index in [2.05, 4.69) is 15.3 Å². The second-order valence-electron chi connectivity index (χ2n) is 6.67. The molecular formula is C21H16ClN5O4. The van der Waals surface area contributed by atoms with E-state index in [9.17, 15) is 14.9 Å². The van der Waals surface area contributed by atoms with E-state index in [0.29, 0.717) is 33.2 Å². The van der Waals surface area contributed by atoms with Gasteiger partial charge in [0, 0.05) is 33.8 Å². The summed E-state index contributed by atoms with van der Waals surface area (Å²) in [6.45, 7) is 3.69. The number of nitro groups is 1. The molecule has 0 amide bonds. The number of hydrogen-bond acceptors (Lipinski definition) is 7. The molecule has 2 aromatic heterocycles. The molecule has 0 radical (unpaired) electrons. The number of rotatable bonds is 5. The minimum atomic E-state index is -0.639. The molecule has 0 aliphatic rings.